The Morgan fingerprint density at radius 3 is 2.58 bits per heavy atom. The second-order valence-corrected chi connectivity index (χ2v) is 5.29. The smallest absolute Gasteiger partial charge is 0.180 e. The number of benzene rings is 1. The fourth-order valence-electron chi connectivity index (χ4n) is 1.68. The average molecular weight is 267 g/mol. The molecule has 0 radical (unpaired) electrons. The van der Waals surface area contributed by atoms with Crippen LogP contribution in [0, 0.1) is 5.82 Å². The summed E-state index contributed by atoms with van der Waals surface area (Å²) in [4.78, 5) is 14.2. The Morgan fingerprint density at radius 1 is 1.42 bits per heavy atom. The van der Waals surface area contributed by atoms with Crippen molar-refractivity contribution in [3.05, 3.63) is 29.6 Å². The number of hydrogen-bond donors (Lipinski definition) is 0. The Labute approximate surface area is 114 Å². The summed E-state index contributed by atoms with van der Waals surface area (Å²) in [6.45, 7) is 6.45. The van der Waals surface area contributed by atoms with Crippen LogP contribution in [0.3, 0.4) is 0 Å². The van der Waals surface area contributed by atoms with Crippen LogP contribution < -0.4 is 4.74 Å². The van der Waals surface area contributed by atoms with Crippen LogP contribution in [0.4, 0.5) is 4.39 Å². The van der Waals surface area contributed by atoms with E-state index in [0.717, 1.165) is 6.42 Å². The van der Waals surface area contributed by atoms with E-state index in [4.69, 9.17) is 4.74 Å². The number of hydrogen-bond acceptors (Lipinski definition) is 3. The zero-order valence-corrected chi connectivity index (χ0v) is 12.3. The molecule has 1 aromatic carbocycles. The van der Waals surface area contributed by atoms with Crippen molar-refractivity contribution < 1.29 is 13.9 Å². The zero-order valence-electron chi connectivity index (χ0n) is 12.3. The van der Waals surface area contributed by atoms with Gasteiger partial charge in [0.2, 0.25) is 0 Å². The molecule has 4 heteroatoms. The highest BCUT2D eigenvalue weighted by molar-refractivity contribution is 6.00. The largest absolute Gasteiger partial charge is 0.496 e. The third-order valence-corrected chi connectivity index (χ3v) is 3.74. The molecule has 0 aliphatic heterocycles. The van der Waals surface area contributed by atoms with Gasteiger partial charge in [0.1, 0.15) is 11.6 Å². The Balaban J connectivity index is 2.92. The fraction of sp³-hybridized carbons (Fsp3) is 0.533. The highest BCUT2D eigenvalue weighted by Gasteiger charge is 2.24. The first-order valence-electron chi connectivity index (χ1n) is 6.39. The molecule has 0 N–H and O–H groups in total. The highest BCUT2D eigenvalue weighted by Crippen LogP contribution is 2.22. The molecule has 19 heavy (non-hydrogen) atoms. The number of carbonyl (C=O) groups excluding carboxylic acids is 1. The first-order chi connectivity index (χ1) is 8.81. The van der Waals surface area contributed by atoms with Gasteiger partial charge in [-0.3, -0.25) is 9.69 Å². The second kappa shape index (κ2) is 6.15. The van der Waals surface area contributed by atoms with Crippen molar-refractivity contribution >= 4 is 5.78 Å². The summed E-state index contributed by atoms with van der Waals surface area (Å²) in [7, 11) is 3.37. The molecular formula is C15H22FNO2. The van der Waals surface area contributed by atoms with Crippen LogP contribution in [0.25, 0.3) is 0 Å². The number of carbonyl (C=O) groups is 1. The lowest BCUT2D eigenvalue weighted by Gasteiger charge is -2.34. The topological polar surface area (TPSA) is 29.5 Å². The molecule has 0 aliphatic carbocycles. The number of likely N-dealkylation sites (N-methyl/N-ethyl adjacent to an activating group) is 1. The van der Waals surface area contributed by atoms with Crippen LogP contribution in [0.1, 0.15) is 37.6 Å². The van der Waals surface area contributed by atoms with E-state index in [-0.39, 0.29) is 17.9 Å². The molecule has 0 atom stereocenters. The number of methoxy groups -OCH3 is 1. The van der Waals surface area contributed by atoms with Gasteiger partial charge in [-0.05, 0) is 45.5 Å². The van der Waals surface area contributed by atoms with Crippen molar-refractivity contribution in [3.8, 4) is 5.75 Å². The van der Waals surface area contributed by atoms with E-state index in [1.165, 1.54) is 25.3 Å². The maximum Gasteiger partial charge on any atom is 0.180 e. The van der Waals surface area contributed by atoms with Gasteiger partial charge in [0.25, 0.3) is 0 Å². The normalized spacial score (nSPS) is 11.7. The predicted molar refractivity (Wildman–Crippen MR) is 74.3 cm³/mol. The van der Waals surface area contributed by atoms with Gasteiger partial charge in [0.05, 0.1) is 19.2 Å². The quantitative estimate of drug-likeness (QED) is 0.742. The minimum absolute atomic E-state index is 0.0732. The molecule has 0 aliphatic rings. The van der Waals surface area contributed by atoms with Gasteiger partial charge >= 0.3 is 0 Å². The molecule has 0 fully saturated rings. The van der Waals surface area contributed by atoms with Crippen LogP contribution in [0.5, 0.6) is 5.75 Å². The third kappa shape index (κ3) is 3.77. The molecular weight excluding hydrogens is 245 g/mol. The Kier molecular flexibility index (Phi) is 5.06. The van der Waals surface area contributed by atoms with Crippen LogP contribution in [0.2, 0.25) is 0 Å². The van der Waals surface area contributed by atoms with Crippen LogP contribution >= 0.6 is 0 Å². The minimum Gasteiger partial charge on any atom is -0.496 e. The third-order valence-electron chi connectivity index (χ3n) is 3.74. The molecule has 0 spiro atoms. The first kappa shape index (κ1) is 15.6. The Morgan fingerprint density at radius 2 is 2.05 bits per heavy atom. The summed E-state index contributed by atoms with van der Waals surface area (Å²) in [5, 5.41) is 0. The fourth-order valence-corrected chi connectivity index (χ4v) is 1.68. The molecule has 0 bridgehead atoms. The van der Waals surface area contributed by atoms with Gasteiger partial charge in [0.15, 0.2) is 5.78 Å². The van der Waals surface area contributed by atoms with E-state index < -0.39 is 5.82 Å². The molecule has 3 nitrogen and oxygen atoms in total. The van der Waals surface area contributed by atoms with Crippen molar-refractivity contribution in [2.45, 2.75) is 32.7 Å². The van der Waals surface area contributed by atoms with E-state index >= 15 is 0 Å². The summed E-state index contributed by atoms with van der Waals surface area (Å²) in [6.07, 6.45) is 0.928. The Bertz CT molecular complexity index is 457. The van der Waals surface area contributed by atoms with E-state index in [1.54, 1.807) is 0 Å². The lowest BCUT2D eigenvalue weighted by molar-refractivity contribution is 0.0843. The van der Waals surface area contributed by atoms with E-state index in [1.807, 2.05) is 11.9 Å². The number of ether oxygens (including phenoxy) is 1. The van der Waals surface area contributed by atoms with Crippen LogP contribution in [0.15, 0.2) is 18.2 Å². The molecule has 1 rings (SSSR count). The van der Waals surface area contributed by atoms with Gasteiger partial charge in [-0.2, -0.15) is 0 Å². The minimum atomic E-state index is -0.429. The van der Waals surface area contributed by atoms with Crippen molar-refractivity contribution in [2.24, 2.45) is 0 Å². The molecule has 0 amide bonds. The van der Waals surface area contributed by atoms with Crippen molar-refractivity contribution in [1.82, 2.24) is 4.90 Å². The lowest BCUT2D eigenvalue weighted by Crippen LogP contribution is -2.43. The summed E-state index contributed by atoms with van der Waals surface area (Å²) >= 11 is 0. The van der Waals surface area contributed by atoms with Gasteiger partial charge in [0, 0.05) is 5.54 Å². The number of ketones is 1. The monoisotopic (exact) mass is 267 g/mol. The summed E-state index contributed by atoms with van der Waals surface area (Å²) in [5.74, 6) is -0.156. The van der Waals surface area contributed by atoms with E-state index in [0.29, 0.717) is 11.3 Å². The van der Waals surface area contributed by atoms with Crippen molar-refractivity contribution in [3.63, 3.8) is 0 Å². The number of rotatable bonds is 6. The first-order valence-corrected chi connectivity index (χ1v) is 6.39. The zero-order chi connectivity index (χ0) is 14.6. The number of nitrogens with zero attached hydrogens (tertiary/aromatic N) is 1. The molecule has 0 unspecified atom stereocenters. The average Bonchev–Trinajstić information content (AvgIpc) is 2.38. The van der Waals surface area contributed by atoms with Crippen LogP contribution in [-0.2, 0) is 0 Å². The molecule has 0 saturated carbocycles. The highest BCUT2D eigenvalue weighted by atomic mass is 19.1. The van der Waals surface area contributed by atoms with Gasteiger partial charge in [-0.25, -0.2) is 4.39 Å². The molecule has 0 heterocycles. The summed E-state index contributed by atoms with van der Waals surface area (Å²) in [5.41, 5.74) is 0.220. The summed E-state index contributed by atoms with van der Waals surface area (Å²) < 4.78 is 18.4. The number of Topliss-reactive ketones (excluding diaryl/α,β-unsaturated/α-hetero) is 1. The van der Waals surface area contributed by atoms with E-state index in [9.17, 15) is 9.18 Å². The lowest BCUT2D eigenvalue weighted by atomic mass is 9.99. The SMILES string of the molecule is CCC(C)(C)N(C)CC(=O)c1cc(F)ccc1OC. The Hall–Kier alpha value is -1.42. The van der Waals surface area contributed by atoms with Gasteiger partial charge in [-0.1, -0.05) is 6.92 Å². The standard InChI is InChI=1S/C15H22FNO2/c1-6-15(2,3)17(4)10-13(18)12-9-11(16)7-8-14(12)19-5/h7-9H,6,10H2,1-5H3. The second-order valence-electron chi connectivity index (χ2n) is 5.29. The molecule has 1 aromatic rings. The van der Waals surface area contributed by atoms with Crippen LogP contribution in [-0.4, -0.2) is 36.9 Å². The molecule has 106 valence electrons. The predicted octanol–water partition coefficient (Wildman–Crippen LogP) is 3.14. The van der Waals surface area contributed by atoms with Gasteiger partial charge in [-0.15, -0.1) is 0 Å². The van der Waals surface area contributed by atoms with Gasteiger partial charge < -0.3 is 4.74 Å². The van der Waals surface area contributed by atoms with E-state index in [2.05, 4.69) is 20.8 Å². The summed E-state index contributed by atoms with van der Waals surface area (Å²) in [6, 6.07) is 4.00. The van der Waals surface area contributed by atoms with Crippen molar-refractivity contribution in [2.75, 3.05) is 20.7 Å². The molecule has 0 aromatic heterocycles. The number of halogens is 1. The molecule has 0 saturated heterocycles. The maximum absolute atomic E-state index is 13.3. The van der Waals surface area contributed by atoms with Crippen molar-refractivity contribution in [1.29, 1.82) is 0 Å². The maximum atomic E-state index is 13.3.